The maximum absolute atomic E-state index is 11.8. The van der Waals surface area contributed by atoms with E-state index in [1.165, 1.54) is 6.20 Å². The SMILES string of the molecule is CNC(=O)c1cc(Oc2ccc3c(c2)nc(Nc2ccccc2OC)n3C)ccn1. The zero-order valence-corrected chi connectivity index (χ0v) is 16.8. The number of aryl methyl sites for hydroxylation is 1. The van der Waals surface area contributed by atoms with E-state index in [0.29, 0.717) is 17.4 Å². The summed E-state index contributed by atoms with van der Waals surface area (Å²) < 4.78 is 13.3. The van der Waals surface area contributed by atoms with Gasteiger partial charge in [-0.1, -0.05) is 12.1 Å². The van der Waals surface area contributed by atoms with Gasteiger partial charge in [0.15, 0.2) is 0 Å². The van der Waals surface area contributed by atoms with Crippen LogP contribution >= 0.6 is 0 Å². The number of rotatable bonds is 6. The van der Waals surface area contributed by atoms with Crippen LogP contribution in [0.3, 0.4) is 0 Å². The van der Waals surface area contributed by atoms with Gasteiger partial charge < -0.3 is 24.7 Å². The van der Waals surface area contributed by atoms with Crippen molar-refractivity contribution in [2.75, 3.05) is 19.5 Å². The second kappa shape index (κ2) is 8.12. The molecule has 0 radical (unpaired) electrons. The number of nitrogens with one attached hydrogen (secondary N) is 2. The molecule has 0 fully saturated rings. The average molecular weight is 403 g/mol. The summed E-state index contributed by atoms with van der Waals surface area (Å²) in [5.41, 5.74) is 2.83. The van der Waals surface area contributed by atoms with Gasteiger partial charge in [-0.15, -0.1) is 0 Å². The van der Waals surface area contributed by atoms with E-state index in [1.54, 1.807) is 26.3 Å². The summed E-state index contributed by atoms with van der Waals surface area (Å²) in [6.07, 6.45) is 1.54. The standard InChI is InChI=1S/C22H21N5O3/c1-23-21(28)18-13-15(10-11-24-18)30-14-8-9-19-17(12-14)26-22(27(19)2)25-16-6-4-5-7-20(16)29-3/h4-13H,1-3H3,(H,23,28)(H,25,26). The molecule has 2 N–H and O–H groups in total. The normalized spacial score (nSPS) is 10.6. The number of fused-ring (bicyclic) bond motifs is 1. The number of benzene rings is 2. The van der Waals surface area contributed by atoms with Crippen molar-refractivity contribution in [3.05, 3.63) is 66.5 Å². The van der Waals surface area contributed by atoms with Gasteiger partial charge in [-0.2, -0.15) is 0 Å². The monoisotopic (exact) mass is 403 g/mol. The summed E-state index contributed by atoms with van der Waals surface area (Å²) in [5.74, 6) is 2.27. The largest absolute Gasteiger partial charge is 0.495 e. The van der Waals surface area contributed by atoms with Gasteiger partial charge in [0.2, 0.25) is 5.95 Å². The van der Waals surface area contributed by atoms with E-state index in [-0.39, 0.29) is 11.6 Å². The smallest absolute Gasteiger partial charge is 0.269 e. The fourth-order valence-corrected chi connectivity index (χ4v) is 3.09. The number of anilines is 2. The number of aromatic nitrogens is 3. The predicted octanol–water partition coefficient (Wildman–Crippen LogP) is 3.87. The van der Waals surface area contributed by atoms with Crippen molar-refractivity contribution in [1.82, 2.24) is 19.9 Å². The zero-order chi connectivity index (χ0) is 21.1. The predicted molar refractivity (Wildman–Crippen MR) is 115 cm³/mol. The minimum atomic E-state index is -0.271. The molecule has 152 valence electrons. The van der Waals surface area contributed by atoms with Crippen LogP contribution in [0.25, 0.3) is 11.0 Å². The lowest BCUT2D eigenvalue weighted by Gasteiger charge is -2.10. The molecule has 0 aliphatic carbocycles. The number of nitrogens with zero attached hydrogens (tertiary/aromatic N) is 3. The maximum atomic E-state index is 11.8. The number of carbonyl (C=O) groups excluding carboxylic acids is 1. The highest BCUT2D eigenvalue weighted by molar-refractivity contribution is 5.92. The van der Waals surface area contributed by atoms with E-state index in [9.17, 15) is 4.79 Å². The number of imidazole rings is 1. The van der Waals surface area contributed by atoms with Crippen LogP contribution in [-0.4, -0.2) is 34.6 Å². The third-order valence-corrected chi connectivity index (χ3v) is 4.63. The Hall–Kier alpha value is -4.07. The lowest BCUT2D eigenvalue weighted by Crippen LogP contribution is -2.18. The van der Waals surface area contributed by atoms with Crippen LogP contribution in [-0.2, 0) is 7.05 Å². The van der Waals surface area contributed by atoms with Gasteiger partial charge in [0.25, 0.3) is 5.91 Å². The molecule has 4 aromatic rings. The number of amides is 1. The van der Waals surface area contributed by atoms with Gasteiger partial charge in [-0.3, -0.25) is 9.78 Å². The lowest BCUT2D eigenvalue weighted by atomic mass is 10.3. The second-order valence-electron chi connectivity index (χ2n) is 6.53. The van der Waals surface area contributed by atoms with Crippen molar-refractivity contribution in [1.29, 1.82) is 0 Å². The van der Waals surface area contributed by atoms with Crippen molar-refractivity contribution in [3.63, 3.8) is 0 Å². The molecule has 0 bridgehead atoms. The molecule has 0 aliphatic heterocycles. The molecule has 4 rings (SSSR count). The Kier molecular flexibility index (Phi) is 5.21. The van der Waals surface area contributed by atoms with E-state index in [0.717, 1.165) is 22.5 Å². The fraction of sp³-hybridized carbons (Fsp3) is 0.136. The topological polar surface area (TPSA) is 90.3 Å². The molecule has 2 heterocycles. The van der Waals surface area contributed by atoms with Crippen LogP contribution in [0.15, 0.2) is 60.8 Å². The Morgan fingerprint density at radius 1 is 1.07 bits per heavy atom. The maximum Gasteiger partial charge on any atom is 0.269 e. The highest BCUT2D eigenvalue weighted by Gasteiger charge is 2.12. The molecule has 8 heteroatoms. The first kappa shape index (κ1) is 19.3. The minimum absolute atomic E-state index is 0.271. The van der Waals surface area contributed by atoms with Crippen molar-refractivity contribution in [2.24, 2.45) is 7.05 Å². The van der Waals surface area contributed by atoms with Crippen molar-refractivity contribution >= 4 is 28.6 Å². The Balaban J connectivity index is 1.61. The van der Waals surface area contributed by atoms with Crippen LogP contribution in [0, 0.1) is 0 Å². The Bertz CT molecular complexity index is 1220. The van der Waals surface area contributed by atoms with Crippen molar-refractivity contribution in [2.45, 2.75) is 0 Å². The van der Waals surface area contributed by atoms with Crippen LogP contribution in [0.5, 0.6) is 17.2 Å². The number of hydrogen-bond donors (Lipinski definition) is 2. The van der Waals surface area contributed by atoms with Crippen molar-refractivity contribution < 1.29 is 14.3 Å². The lowest BCUT2D eigenvalue weighted by molar-refractivity contribution is 0.0958. The second-order valence-corrected chi connectivity index (χ2v) is 6.53. The Morgan fingerprint density at radius 2 is 1.87 bits per heavy atom. The number of para-hydroxylation sites is 2. The van der Waals surface area contributed by atoms with Crippen LogP contribution in [0.2, 0.25) is 0 Å². The first-order valence-electron chi connectivity index (χ1n) is 9.31. The molecule has 0 atom stereocenters. The first-order valence-corrected chi connectivity index (χ1v) is 9.31. The Labute approximate surface area is 173 Å². The van der Waals surface area contributed by atoms with E-state index < -0.39 is 0 Å². The molecule has 0 spiro atoms. The Morgan fingerprint density at radius 3 is 2.67 bits per heavy atom. The summed E-state index contributed by atoms with van der Waals surface area (Å²) in [6.45, 7) is 0. The molecule has 2 aromatic heterocycles. The van der Waals surface area contributed by atoms with E-state index in [4.69, 9.17) is 9.47 Å². The first-order chi connectivity index (χ1) is 14.6. The number of ether oxygens (including phenoxy) is 2. The van der Waals surface area contributed by atoms with E-state index in [1.807, 2.05) is 54.1 Å². The summed E-state index contributed by atoms with van der Waals surface area (Å²) in [7, 11) is 5.13. The van der Waals surface area contributed by atoms with Gasteiger partial charge in [-0.25, -0.2) is 4.98 Å². The quantitative estimate of drug-likeness (QED) is 0.508. The molecule has 0 saturated carbocycles. The van der Waals surface area contributed by atoms with Crippen molar-refractivity contribution in [3.8, 4) is 17.2 Å². The fourth-order valence-electron chi connectivity index (χ4n) is 3.09. The molecular formula is C22H21N5O3. The van der Waals surface area contributed by atoms with Crippen LogP contribution in [0.4, 0.5) is 11.6 Å². The zero-order valence-electron chi connectivity index (χ0n) is 16.8. The average Bonchev–Trinajstić information content (AvgIpc) is 3.08. The highest BCUT2D eigenvalue weighted by atomic mass is 16.5. The number of carbonyl (C=O) groups is 1. The number of hydrogen-bond acceptors (Lipinski definition) is 6. The van der Waals surface area contributed by atoms with Gasteiger partial charge in [0.05, 0.1) is 23.8 Å². The molecular weight excluding hydrogens is 382 g/mol. The third kappa shape index (κ3) is 3.75. The molecule has 0 saturated heterocycles. The van der Waals surface area contributed by atoms with Crippen LogP contribution in [0.1, 0.15) is 10.5 Å². The number of methoxy groups -OCH3 is 1. The molecule has 0 aliphatic rings. The minimum Gasteiger partial charge on any atom is -0.495 e. The summed E-state index contributed by atoms with van der Waals surface area (Å²) in [4.78, 5) is 20.5. The molecule has 30 heavy (non-hydrogen) atoms. The van der Waals surface area contributed by atoms with Gasteiger partial charge in [0, 0.05) is 32.4 Å². The van der Waals surface area contributed by atoms with E-state index >= 15 is 0 Å². The van der Waals surface area contributed by atoms with Gasteiger partial charge >= 0.3 is 0 Å². The van der Waals surface area contributed by atoms with Gasteiger partial charge in [0.1, 0.15) is 22.9 Å². The highest BCUT2D eigenvalue weighted by Crippen LogP contribution is 2.30. The summed E-state index contributed by atoms with van der Waals surface area (Å²) >= 11 is 0. The molecule has 2 aromatic carbocycles. The molecule has 0 unspecified atom stereocenters. The summed E-state index contributed by atoms with van der Waals surface area (Å²) in [5, 5.41) is 5.86. The van der Waals surface area contributed by atoms with Gasteiger partial charge in [-0.05, 0) is 30.3 Å². The molecule has 1 amide bonds. The summed E-state index contributed by atoms with van der Waals surface area (Å²) in [6, 6.07) is 16.6. The molecule has 8 nitrogen and oxygen atoms in total. The van der Waals surface area contributed by atoms with E-state index in [2.05, 4.69) is 20.6 Å². The third-order valence-electron chi connectivity index (χ3n) is 4.63. The number of pyridine rings is 1. The van der Waals surface area contributed by atoms with Crippen LogP contribution < -0.4 is 20.1 Å².